The van der Waals surface area contributed by atoms with Crippen LogP contribution in [0.2, 0.25) is 0 Å². The first-order valence-corrected chi connectivity index (χ1v) is 4.46. The third kappa shape index (κ3) is 2.83. The lowest BCUT2D eigenvalue weighted by Gasteiger charge is -2.09. The van der Waals surface area contributed by atoms with E-state index in [0.717, 1.165) is 12.8 Å². The molecule has 0 heterocycles. The number of phenols is 1. The number of hydrogen-bond acceptors (Lipinski definition) is 1. The van der Waals surface area contributed by atoms with E-state index in [1.165, 1.54) is 5.56 Å². The van der Waals surface area contributed by atoms with Gasteiger partial charge < -0.3 is 5.11 Å². The van der Waals surface area contributed by atoms with Crippen molar-refractivity contribution in [3.8, 4) is 18.1 Å². The van der Waals surface area contributed by atoms with Crippen molar-refractivity contribution in [3.63, 3.8) is 0 Å². The highest BCUT2D eigenvalue weighted by molar-refractivity contribution is 5.27. The van der Waals surface area contributed by atoms with E-state index < -0.39 is 0 Å². The minimum atomic E-state index is 0.313. The number of terminal acetylenes is 1. The Morgan fingerprint density at radius 2 is 2.00 bits per heavy atom. The molecule has 1 unspecified atom stereocenters. The minimum absolute atomic E-state index is 0.313. The van der Waals surface area contributed by atoms with Crippen LogP contribution in [0, 0.1) is 12.3 Å². The van der Waals surface area contributed by atoms with Crippen molar-refractivity contribution in [2.24, 2.45) is 0 Å². The van der Waals surface area contributed by atoms with Gasteiger partial charge in [0.1, 0.15) is 5.75 Å². The summed E-state index contributed by atoms with van der Waals surface area (Å²) in [6.45, 7) is 2.14. The number of rotatable bonds is 3. The summed E-state index contributed by atoms with van der Waals surface area (Å²) < 4.78 is 0. The molecule has 1 aromatic rings. The molecule has 0 radical (unpaired) electrons. The molecule has 0 fully saturated rings. The molecule has 0 aliphatic rings. The Hall–Kier alpha value is -1.42. The molecule has 13 heavy (non-hydrogen) atoms. The second-order valence-corrected chi connectivity index (χ2v) is 3.24. The van der Waals surface area contributed by atoms with Crippen molar-refractivity contribution in [2.75, 3.05) is 0 Å². The van der Waals surface area contributed by atoms with Gasteiger partial charge in [-0.3, -0.25) is 0 Å². The largest absolute Gasteiger partial charge is 0.508 e. The van der Waals surface area contributed by atoms with Gasteiger partial charge in [0.15, 0.2) is 0 Å². The van der Waals surface area contributed by atoms with Crippen LogP contribution in [0.4, 0.5) is 0 Å². The van der Waals surface area contributed by atoms with Crippen molar-refractivity contribution < 1.29 is 5.11 Å². The van der Waals surface area contributed by atoms with Crippen LogP contribution in [-0.2, 0) is 0 Å². The summed E-state index contributed by atoms with van der Waals surface area (Å²) in [7, 11) is 0. The Kier molecular flexibility index (Phi) is 3.40. The highest BCUT2D eigenvalue weighted by atomic mass is 16.3. The Bertz CT molecular complexity index is 292. The fourth-order valence-electron chi connectivity index (χ4n) is 1.27. The molecule has 0 saturated carbocycles. The molecule has 1 rings (SSSR count). The predicted octanol–water partition coefficient (Wildman–Crippen LogP) is 2.91. The van der Waals surface area contributed by atoms with Gasteiger partial charge in [-0.15, -0.1) is 12.3 Å². The van der Waals surface area contributed by atoms with E-state index in [1.807, 2.05) is 12.1 Å². The number of phenolic OH excluding ortho intramolecular Hbond substituents is 1. The molecular weight excluding hydrogens is 160 g/mol. The second-order valence-electron chi connectivity index (χ2n) is 3.24. The zero-order valence-corrected chi connectivity index (χ0v) is 7.83. The number of benzene rings is 1. The summed E-state index contributed by atoms with van der Waals surface area (Å²) in [6.07, 6.45) is 7.00. The van der Waals surface area contributed by atoms with E-state index in [0.29, 0.717) is 11.7 Å². The fraction of sp³-hybridized carbons (Fsp3) is 0.333. The Morgan fingerprint density at radius 3 is 2.54 bits per heavy atom. The molecule has 0 saturated heterocycles. The van der Waals surface area contributed by atoms with E-state index in [2.05, 4.69) is 12.8 Å². The smallest absolute Gasteiger partial charge is 0.115 e. The van der Waals surface area contributed by atoms with Gasteiger partial charge in [0, 0.05) is 6.42 Å². The first-order chi connectivity index (χ1) is 6.24. The number of hydrogen-bond donors (Lipinski definition) is 1. The zero-order valence-electron chi connectivity index (χ0n) is 7.83. The van der Waals surface area contributed by atoms with Crippen LogP contribution in [0.3, 0.4) is 0 Å². The van der Waals surface area contributed by atoms with Crippen LogP contribution in [0.25, 0.3) is 0 Å². The summed E-state index contributed by atoms with van der Waals surface area (Å²) in [4.78, 5) is 0. The van der Waals surface area contributed by atoms with Crippen LogP contribution in [-0.4, -0.2) is 5.11 Å². The van der Waals surface area contributed by atoms with E-state index >= 15 is 0 Å². The van der Waals surface area contributed by atoms with Gasteiger partial charge in [0.25, 0.3) is 0 Å². The first-order valence-electron chi connectivity index (χ1n) is 4.46. The van der Waals surface area contributed by atoms with Gasteiger partial charge in [-0.1, -0.05) is 19.1 Å². The maximum absolute atomic E-state index is 9.08. The minimum Gasteiger partial charge on any atom is -0.508 e. The Balaban J connectivity index is 2.62. The molecule has 0 aliphatic carbocycles. The maximum Gasteiger partial charge on any atom is 0.115 e. The first kappa shape index (κ1) is 9.67. The van der Waals surface area contributed by atoms with Gasteiger partial charge in [0.2, 0.25) is 0 Å². The van der Waals surface area contributed by atoms with Gasteiger partial charge >= 0.3 is 0 Å². The van der Waals surface area contributed by atoms with Crippen LogP contribution < -0.4 is 0 Å². The topological polar surface area (TPSA) is 20.2 Å². The molecule has 0 bridgehead atoms. The second kappa shape index (κ2) is 4.57. The summed E-state index contributed by atoms with van der Waals surface area (Å²) in [6, 6.07) is 7.30. The molecular formula is C12H14O. The molecule has 1 N–H and O–H groups in total. The van der Waals surface area contributed by atoms with E-state index in [9.17, 15) is 0 Å². The molecule has 1 nitrogen and oxygen atoms in total. The molecule has 0 aliphatic heterocycles. The Labute approximate surface area is 79.4 Å². The average Bonchev–Trinajstić information content (AvgIpc) is 2.15. The lowest BCUT2D eigenvalue weighted by Crippen LogP contribution is -1.91. The van der Waals surface area contributed by atoms with Crippen molar-refractivity contribution in [2.45, 2.75) is 25.7 Å². The lowest BCUT2D eigenvalue weighted by molar-refractivity contribution is 0.475. The summed E-state index contributed by atoms with van der Waals surface area (Å²) >= 11 is 0. The molecule has 0 spiro atoms. The van der Waals surface area contributed by atoms with Gasteiger partial charge in [-0.2, -0.15) is 0 Å². The van der Waals surface area contributed by atoms with Crippen molar-refractivity contribution in [3.05, 3.63) is 29.8 Å². The normalized spacial score (nSPS) is 12.0. The maximum atomic E-state index is 9.08. The zero-order chi connectivity index (χ0) is 9.68. The van der Waals surface area contributed by atoms with Crippen molar-refractivity contribution in [1.82, 2.24) is 0 Å². The monoisotopic (exact) mass is 174 g/mol. The molecule has 0 aromatic heterocycles. The number of aromatic hydroxyl groups is 1. The third-order valence-electron chi connectivity index (χ3n) is 2.18. The molecule has 0 amide bonds. The molecule has 1 aromatic carbocycles. The molecule has 1 atom stereocenters. The predicted molar refractivity (Wildman–Crippen MR) is 54.6 cm³/mol. The standard InChI is InChI=1S/C12H14O/c1-3-4-5-10(2)11-6-8-12(13)9-7-11/h1,6-10,13H,4-5H2,2H3. The van der Waals surface area contributed by atoms with Crippen LogP contribution in [0.15, 0.2) is 24.3 Å². The molecule has 68 valence electrons. The SMILES string of the molecule is C#CCCC(C)c1ccc(O)cc1. The molecule has 1 heteroatoms. The highest BCUT2D eigenvalue weighted by Gasteiger charge is 2.03. The summed E-state index contributed by atoms with van der Waals surface area (Å²) in [5.41, 5.74) is 1.23. The van der Waals surface area contributed by atoms with Gasteiger partial charge in [-0.05, 0) is 30.0 Å². The quantitative estimate of drug-likeness (QED) is 0.698. The Morgan fingerprint density at radius 1 is 1.38 bits per heavy atom. The summed E-state index contributed by atoms with van der Waals surface area (Å²) in [5, 5.41) is 9.08. The summed E-state index contributed by atoms with van der Waals surface area (Å²) in [5.74, 6) is 3.41. The van der Waals surface area contributed by atoms with E-state index in [-0.39, 0.29) is 0 Å². The van der Waals surface area contributed by atoms with E-state index in [4.69, 9.17) is 11.5 Å². The van der Waals surface area contributed by atoms with E-state index in [1.54, 1.807) is 12.1 Å². The van der Waals surface area contributed by atoms with Crippen molar-refractivity contribution >= 4 is 0 Å². The fourth-order valence-corrected chi connectivity index (χ4v) is 1.27. The van der Waals surface area contributed by atoms with Gasteiger partial charge in [0.05, 0.1) is 0 Å². The van der Waals surface area contributed by atoms with Crippen LogP contribution in [0.5, 0.6) is 5.75 Å². The van der Waals surface area contributed by atoms with Crippen molar-refractivity contribution in [1.29, 1.82) is 0 Å². The van der Waals surface area contributed by atoms with Crippen LogP contribution in [0.1, 0.15) is 31.2 Å². The highest BCUT2D eigenvalue weighted by Crippen LogP contribution is 2.22. The van der Waals surface area contributed by atoms with Gasteiger partial charge in [-0.25, -0.2) is 0 Å². The average molecular weight is 174 g/mol. The lowest BCUT2D eigenvalue weighted by atomic mass is 9.96. The van der Waals surface area contributed by atoms with Crippen LogP contribution >= 0.6 is 0 Å². The third-order valence-corrected chi connectivity index (χ3v) is 2.18.